The molecular weight excluding hydrogens is 143 g/mol. The lowest BCUT2D eigenvalue weighted by atomic mass is 10.3. The Labute approximate surface area is 65.5 Å². The summed E-state index contributed by atoms with van der Waals surface area (Å²) in [5.41, 5.74) is 0.837. The van der Waals surface area contributed by atoms with Gasteiger partial charge < -0.3 is 5.32 Å². The summed E-state index contributed by atoms with van der Waals surface area (Å²) in [6.07, 6.45) is 1.64. The summed E-state index contributed by atoms with van der Waals surface area (Å²) in [6.45, 7) is 4.40. The van der Waals surface area contributed by atoms with Gasteiger partial charge in [0.15, 0.2) is 11.6 Å². The van der Waals surface area contributed by atoms with Crippen LogP contribution < -0.4 is 5.32 Å². The molecule has 0 aliphatic rings. The van der Waals surface area contributed by atoms with Crippen molar-refractivity contribution in [1.82, 2.24) is 4.98 Å². The topological polar surface area (TPSA) is 24.9 Å². The minimum atomic E-state index is -0.285. The first-order valence-corrected chi connectivity index (χ1v) is 3.60. The first kappa shape index (κ1) is 7.98. The second kappa shape index (κ2) is 3.32. The Balaban J connectivity index is 2.90. The van der Waals surface area contributed by atoms with Gasteiger partial charge in [-0.3, -0.25) is 0 Å². The zero-order valence-electron chi connectivity index (χ0n) is 6.69. The van der Waals surface area contributed by atoms with Gasteiger partial charge in [0.05, 0.1) is 0 Å². The molecule has 0 aliphatic heterocycles. The molecule has 0 atom stereocenters. The lowest BCUT2D eigenvalue weighted by molar-refractivity contribution is 0.623. The van der Waals surface area contributed by atoms with Crippen LogP contribution in [0.25, 0.3) is 0 Å². The molecule has 1 aromatic heterocycles. The maximum absolute atomic E-state index is 12.9. The highest BCUT2D eigenvalue weighted by atomic mass is 19.1. The van der Waals surface area contributed by atoms with Gasteiger partial charge in [0, 0.05) is 12.7 Å². The molecule has 0 aliphatic carbocycles. The van der Waals surface area contributed by atoms with E-state index in [1.807, 2.05) is 13.8 Å². The highest BCUT2D eigenvalue weighted by Crippen LogP contribution is 2.10. The molecule has 3 heteroatoms. The number of halogens is 1. The zero-order valence-corrected chi connectivity index (χ0v) is 6.69. The molecule has 60 valence electrons. The zero-order chi connectivity index (χ0) is 8.27. The van der Waals surface area contributed by atoms with Crippen LogP contribution in [-0.4, -0.2) is 11.5 Å². The molecule has 1 aromatic rings. The molecule has 0 unspecified atom stereocenters. The van der Waals surface area contributed by atoms with Crippen molar-refractivity contribution in [2.24, 2.45) is 0 Å². The van der Waals surface area contributed by atoms with Crippen molar-refractivity contribution < 1.29 is 4.39 Å². The SMILES string of the molecule is CCNc1ncc(C)cc1F. The van der Waals surface area contributed by atoms with E-state index in [1.165, 1.54) is 6.07 Å². The van der Waals surface area contributed by atoms with Crippen molar-refractivity contribution in [3.05, 3.63) is 23.6 Å². The van der Waals surface area contributed by atoms with Gasteiger partial charge in [0.2, 0.25) is 0 Å². The van der Waals surface area contributed by atoms with Crippen LogP contribution in [0.3, 0.4) is 0 Å². The van der Waals surface area contributed by atoms with Gasteiger partial charge in [-0.15, -0.1) is 0 Å². The number of hydrogen-bond donors (Lipinski definition) is 1. The number of anilines is 1. The molecule has 0 bridgehead atoms. The summed E-state index contributed by atoms with van der Waals surface area (Å²) in [6, 6.07) is 1.46. The number of rotatable bonds is 2. The van der Waals surface area contributed by atoms with Crippen molar-refractivity contribution in [2.75, 3.05) is 11.9 Å². The van der Waals surface area contributed by atoms with Crippen LogP contribution in [0.5, 0.6) is 0 Å². The van der Waals surface area contributed by atoms with Crippen LogP contribution in [0.4, 0.5) is 10.2 Å². The summed E-state index contributed by atoms with van der Waals surface area (Å²) >= 11 is 0. The third-order valence-corrected chi connectivity index (χ3v) is 1.32. The van der Waals surface area contributed by atoms with E-state index in [9.17, 15) is 4.39 Å². The molecule has 0 amide bonds. The van der Waals surface area contributed by atoms with Crippen LogP contribution in [0.2, 0.25) is 0 Å². The molecule has 0 aromatic carbocycles. The first-order valence-electron chi connectivity index (χ1n) is 3.60. The maximum Gasteiger partial charge on any atom is 0.165 e. The largest absolute Gasteiger partial charge is 0.368 e. The number of nitrogens with zero attached hydrogens (tertiary/aromatic N) is 1. The highest BCUT2D eigenvalue weighted by molar-refractivity contribution is 5.36. The van der Waals surface area contributed by atoms with Crippen molar-refractivity contribution in [2.45, 2.75) is 13.8 Å². The molecule has 0 spiro atoms. The molecule has 0 fully saturated rings. The Morgan fingerprint density at radius 2 is 2.36 bits per heavy atom. The van der Waals surface area contributed by atoms with Crippen LogP contribution in [0, 0.1) is 12.7 Å². The monoisotopic (exact) mass is 154 g/mol. The molecule has 2 nitrogen and oxygen atoms in total. The minimum absolute atomic E-state index is 0.285. The fourth-order valence-electron chi connectivity index (χ4n) is 0.831. The molecule has 0 saturated carbocycles. The summed E-state index contributed by atoms with van der Waals surface area (Å²) in [4.78, 5) is 3.88. The highest BCUT2D eigenvalue weighted by Gasteiger charge is 2.00. The number of hydrogen-bond acceptors (Lipinski definition) is 2. The number of nitrogens with one attached hydrogen (secondary N) is 1. The average Bonchev–Trinajstić information content (AvgIpc) is 1.95. The Morgan fingerprint density at radius 3 is 2.91 bits per heavy atom. The second-order valence-corrected chi connectivity index (χ2v) is 2.37. The van der Waals surface area contributed by atoms with Gasteiger partial charge in [-0.2, -0.15) is 0 Å². The number of aryl methyl sites for hydroxylation is 1. The maximum atomic E-state index is 12.9. The van der Waals surface area contributed by atoms with Crippen LogP contribution >= 0.6 is 0 Å². The first-order chi connectivity index (χ1) is 5.24. The third-order valence-electron chi connectivity index (χ3n) is 1.32. The van der Waals surface area contributed by atoms with E-state index < -0.39 is 0 Å². The lowest BCUT2D eigenvalue weighted by Gasteiger charge is -2.02. The Hall–Kier alpha value is -1.12. The Kier molecular flexibility index (Phi) is 2.41. The second-order valence-electron chi connectivity index (χ2n) is 2.37. The van der Waals surface area contributed by atoms with E-state index in [1.54, 1.807) is 6.20 Å². The summed E-state index contributed by atoms with van der Waals surface area (Å²) in [5, 5.41) is 2.82. The van der Waals surface area contributed by atoms with E-state index in [4.69, 9.17) is 0 Å². The fraction of sp³-hybridized carbons (Fsp3) is 0.375. The summed E-state index contributed by atoms with van der Waals surface area (Å²) in [5.74, 6) is 0.0463. The van der Waals surface area contributed by atoms with E-state index >= 15 is 0 Å². The van der Waals surface area contributed by atoms with Gasteiger partial charge >= 0.3 is 0 Å². The molecule has 1 heterocycles. The molecular formula is C8H11FN2. The molecule has 0 radical (unpaired) electrons. The smallest absolute Gasteiger partial charge is 0.165 e. The van der Waals surface area contributed by atoms with E-state index in [0.29, 0.717) is 12.4 Å². The summed E-state index contributed by atoms with van der Waals surface area (Å²) in [7, 11) is 0. The van der Waals surface area contributed by atoms with Crippen molar-refractivity contribution in [3.63, 3.8) is 0 Å². The predicted octanol–water partition coefficient (Wildman–Crippen LogP) is 1.96. The minimum Gasteiger partial charge on any atom is -0.368 e. The lowest BCUT2D eigenvalue weighted by Crippen LogP contribution is -2.01. The standard InChI is InChI=1S/C8H11FN2/c1-3-10-8-7(9)4-6(2)5-11-8/h4-5H,3H2,1-2H3,(H,10,11). The van der Waals surface area contributed by atoms with Crippen LogP contribution in [-0.2, 0) is 0 Å². The number of pyridine rings is 1. The van der Waals surface area contributed by atoms with E-state index in [-0.39, 0.29) is 5.82 Å². The van der Waals surface area contributed by atoms with Gasteiger partial charge in [0.1, 0.15) is 0 Å². The van der Waals surface area contributed by atoms with Crippen molar-refractivity contribution >= 4 is 5.82 Å². The van der Waals surface area contributed by atoms with Crippen LogP contribution in [0.15, 0.2) is 12.3 Å². The molecule has 0 saturated heterocycles. The fourth-order valence-corrected chi connectivity index (χ4v) is 0.831. The van der Waals surface area contributed by atoms with E-state index in [0.717, 1.165) is 5.56 Å². The molecule has 11 heavy (non-hydrogen) atoms. The average molecular weight is 154 g/mol. The number of aromatic nitrogens is 1. The quantitative estimate of drug-likeness (QED) is 0.704. The van der Waals surface area contributed by atoms with Crippen LogP contribution in [0.1, 0.15) is 12.5 Å². The van der Waals surface area contributed by atoms with Gasteiger partial charge in [-0.1, -0.05) is 0 Å². The Bertz CT molecular complexity index is 248. The normalized spacial score (nSPS) is 9.73. The van der Waals surface area contributed by atoms with Gasteiger partial charge in [-0.05, 0) is 25.5 Å². The molecule has 1 N–H and O–H groups in total. The Morgan fingerprint density at radius 1 is 1.64 bits per heavy atom. The molecule has 1 rings (SSSR count). The summed E-state index contributed by atoms with van der Waals surface area (Å²) < 4.78 is 12.9. The predicted molar refractivity (Wildman–Crippen MR) is 43.1 cm³/mol. The van der Waals surface area contributed by atoms with E-state index in [2.05, 4.69) is 10.3 Å². The van der Waals surface area contributed by atoms with Crippen molar-refractivity contribution in [3.8, 4) is 0 Å². The van der Waals surface area contributed by atoms with Gasteiger partial charge in [-0.25, -0.2) is 9.37 Å². The van der Waals surface area contributed by atoms with Gasteiger partial charge in [0.25, 0.3) is 0 Å². The third kappa shape index (κ3) is 1.90. The van der Waals surface area contributed by atoms with Crippen molar-refractivity contribution in [1.29, 1.82) is 0 Å².